The van der Waals surface area contributed by atoms with Gasteiger partial charge in [0.15, 0.2) is 0 Å². The van der Waals surface area contributed by atoms with Gasteiger partial charge >= 0.3 is 0 Å². The first-order chi connectivity index (χ1) is 26.7. The quantitative estimate of drug-likeness (QED) is 0.299. The largest absolute Gasteiger partial charge is 0.489 e. The van der Waals surface area contributed by atoms with Gasteiger partial charge < -0.3 is 15.0 Å². The molecule has 1 unspecified atom stereocenters. The zero-order chi connectivity index (χ0) is 39.7. The zero-order valence-electron chi connectivity index (χ0n) is 32.6. The normalized spacial score (nSPS) is 24.2. The van der Waals surface area contributed by atoms with E-state index in [2.05, 4.69) is 54.2 Å². The number of carbonyl (C=O) groups is 5. The summed E-state index contributed by atoms with van der Waals surface area (Å²) >= 11 is 0. The first kappa shape index (κ1) is 37.4. The molecule has 12 nitrogen and oxygen atoms in total. The van der Waals surface area contributed by atoms with Gasteiger partial charge in [-0.3, -0.25) is 39.1 Å². The van der Waals surface area contributed by atoms with Gasteiger partial charge in [0.2, 0.25) is 11.8 Å². The Kier molecular flexibility index (Phi) is 9.27. The van der Waals surface area contributed by atoms with E-state index in [0.29, 0.717) is 41.4 Å². The highest BCUT2D eigenvalue weighted by atomic mass is 16.5. The van der Waals surface area contributed by atoms with Crippen LogP contribution in [0.4, 0.5) is 5.69 Å². The van der Waals surface area contributed by atoms with Crippen LogP contribution >= 0.6 is 0 Å². The van der Waals surface area contributed by atoms with E-state index in [9.17, 15) is 29.2 Å². The number of amides is 5. The molecule has 2 N–H and O–H groups in total. The van der Waals surface area contributed by atoms with Gasteiger partial charge in [0.25, 0.3) is 17.7 Å². The minimum absolute atomic E-state index is 0.0925. The van der Waals surface area contributed by atoms with Crippen LogP contribution in [0.1, 0.15) is 114 Å². The topological polar surface area (TPSA) is 152 Å². The fraction of sp³-hybridized carbons (Fsp3) is 0.455. The van der Waals surface area contributed by atoms with E-state index in [0.717, 1.165) is 65.4 Å². The standard InChI is InChI=1S/C44H48N6O6/c1-6-25-19-32(12-9-27(25)22-45)56-42-43(2,3)41(44(42,4)5)47-37(52)26-7-10-30(11-8-26)48-17-15-31(16-18-48)49-23-28-20-33-34(21-29(28)24-49)40(55)50(39(33)54)35-13-14-36(51)46-38(35)53/h7-12,19-21,31,35,41-42H,6,13-18,23-24H2,1-5H3,(H,47,52)(H,46,51,53). The van der Waals surface area contributed by atoms with Crippen LogP contribution in [0.15, 0.2) is 54.6 Å². The summed E-state index contributed by atoms with van der Waals surface area (Å²) in [5.74, 6) is -1.32. The van der Waals surface area contributed by atoms with E-state index in [1.165, 1.54) is 0 Å². The number of rotatable bonds is 8. The van der Waals surface area contributed by atoms with E-state index in [4.69, 9.17) is 4.74 Å². The molecule has 4 heterocycles. The lowest BCUT2D eigenvalue weighted by Gasteiger charge is -2.63. The Morgan fingerprint density at radius 3 is 2.09 bits per heavy atom. The van der Waals surface area contributed by atoms with Crippen LogP contribution in [0.25, 0.3) is 0 Å². The third kappa shape index (κ3) is 6.22. The summed E-state index contributed by atoms with van der Waals surface area (Å²) in [6, 6.07) is 18.6. The van der Waals surface area contributed by atoms with E-state index in [1.807, 2.05) is 61.5 Å². The van der Waals surface area contributed by atoms with Crippen molar-refractivity contribution in [1.82, 2.24) is 20.4 Å². The van der Waals surface area contributed by atoms with Gasteiger partial charge in [0.1, 0.15) is 17.9 Å². The van der Waals surface area contributed by atoms with E-state index in [1.54, 1.807) is 0 Å². The van der Waals surface area contributed by atoms with Crippen molar-refractivity contribution < 1.29 is 28.7 Å². The number of carbonyl (C=O) groups excluding carboxylic acids is 5. The number of ether oxygens (including phenoxy) is 1. The molecule has 4 aliphatic heterocycles. The van der Waals surface area contributed by atoms with Gasteiger partial charge in [-0.2, -0.15) is 5.26 Å². The molecule has 1 aliphatic carbocycles. The number of hydrogen-bond acceptors (Lipinski definition) is 9. The Hall–Kier alpha value is -5.54. The number of nitrogens with one attached hydrogen (secondary N) is 2. The Balaban J connectivity index is 0.846. The van der Waals surface area contributed by atoms with Gasteiger partial charge in [-0.25, -0.2) is 0 Å². The number of nitrogens with zero attached hydrogens (tertiary/aromatic N) is 4. The second-order valence-corrected chi connectivity index (χ2v) is 17.1. The predicted molar refractivity (Wildman–Crippen MR) is 208 cm³/mol. The zero-order valence-corrected chi connectivity index (χ0v) is 32.6. The molecule has 3 aromatic rings. The molecule has 8 rings (SSSR count). The SMILES string of the molecule is CCc1cc(OC2C(C)(C)C(NC(=O)c3ccc(N4CCC(N5Cc6cc7c(cc6C5)C(=O)N(C5CCC(=O)NC5=O)C7=O)CC4)cc3)C2(C)C)ccc1C#N. The highest BCUT2D eigenvalue weighted by molar-refractivity contribution is 6.23. The van der Waals surface area contributed by atoms with Gasteiger partial charge in [0.05, 0.1) is 22.8 Å². The lowest BCUT2D eigenvalue weighted by molar-refractivity contribution is -0.164. The summed E-state index contributed by atoms with van der Waals surface area (Å²) in [5, 5.41) is 15.0. The second-order valence-electron chi connectivity index (χ2n) is 17.1. The molecule has 12 heteroatoms. The van der Waals surface area contributed by atoms with Crippen molar-refractivity contribution >= 4 is 35.2 Å². The van der Waals surface area contributed by atoms with E-state index in [-0.39, 0.29) is 41.7 Å². The highest BCUT2D eigenvalue weighted by Crippen LogP contribution is 2.55. The van der Waals surface area contributed by atoms with Crippen molar-refractivity contribution in [1.29, 1.82) is 5.26 Å². The minimum Gasteiger partial charge on any atom is -0.489 e. The van der Waals surface area contributed by atoms with Crippen LogP contribution in [-0.4, -0.2) is 76.7 Å². The number of piperidine rings is 2. The second kappa shape index (κ2) is 13.9. The molecule has 3 aromatic carbocycles. The number of aryl methyl sites for hydroxylation is 1. The molecule has 0 bridgehead atoms. The first-order valence-electron chi connectivity index (χ1n) is 19.7. The molecule has 5 aliphatic rings. The highest BCUT2D eigenvalue weighted by Gasteiger charge is 2.64. The predicted octanol–water partition coefficient (Wildman–Crippen LogP) is 5.12. The maximum Gasteiger partial charge on any atom is 0.262 e. The van der Waals surface area contributed by atoms with Crippen LogP contribution < -0.4 is 20.3 Å². The monoisotopic (exact) mass is 756 g/mol. The van der Waals surface area contributed by atoms with Crippen molar-refractivity contribution in [2.75, 3.05) is 18.0 Å². The molecule has 0 spiro atoms. The Morgan fingerprint density at radius 1 is 0.893 bits per heavy atom. The van der Waals surface area contributed by atoms with Crippen molar-refractivity contribution in [3.05, 3.63) is 93.5 Å². The van der Waals surface area contributed by atoms with Gasteiger partial charge in [-0.05, 0) is 97.0 Å². The maximum atomic E-state index is 13.6. The number of anilines is 1. The molecule has 2 saturated heterocycles. The smallest absolute Gasteiger partial charge is 0.262 e. The Morgan fingerprint density at radius 2 is 1.52 bits per heavy atom. The average molecular weight is 757 g/mol. The fourth-order valence-corrected chi connectivity index (χ4v) is 10.2. The number of imide groups is 2. The molecule has 5 amide bonds. The molecule has 1 atom stereocenters. The van der Waals surface area contributed by atoms with Crippen LogP contribution in [-0.2, 0) is 29.1 Å². The maximum absolute atomic E-state index is 13.6. The number of benzene rings is 3. The summed E-state index contributed by atoms with van der Waals surface area (Å²) in [6.07, 6.45) is 2.75. The Bertz CT molecular complexity index is 2140. The minimum atomic E-state index is -0.970. The number of fused-ring (bicyclic) bond motifs is 2. The molecule has 0 radical (unpaired) electrons. The van der Waals surface area contributed by atoms with Crippen molar-refractivity contribution in [3.63, 3.8) is 0 Å². The fourth-order valence-electron chi connectivity index (χ4n) is 10.2. The van der Waals surface area contributed by atoms with Gasteiger partial charge in [-0.1, -0.05) is 34.6 Å². The number of hydrogen-bond donors (Lipinski definition) is 2. The molecule has 3 fully saturated rings. The molecule has 1 saturated carbocycles. The van der Waals surface area contributed by atoms with Crippen molar-refractivity contribution in [3.8, 4) is 11.8 Å². The van der Waals surface area contributed by atoms with Gasteiger partial charge in [-0.15, -0.1) is 0 Å². The summed E-state index contributed by atoms with van der Waals surface area (Å²) in [6.45, 7) is 13.6. The van der Waals surface area contributed by atoms with E-state index >= 15 is 0 Å². The van der Waals surface area contributed by atoms with E-state index < -0.39 is 29.7 Å². The molecular formula is C44H48N6O6. The van der Waals surface area contributed by atoms with Crippen LogP contribution in [0.2, 0.25) is 0 Å². The molecule has 290 valence electrons. The third-order valence-electron chi connectivity index (χ3n) is 12.9. The number of nitriles is 1. The summed E-state index contributed by atoms with van der Waals surface area (Å²) in [5.41, 5.74) is 5.37. The lowest BCUT2D eigenvalue weighted by Crippen LogP contribution is -2.74. The first-order valence-corrected chi connectivity index (χ1v) is 19.7. The van der Waals surface area contributed by atoms with Crippen LogP contribution in [0, 0.1) is 22.2 Å². The van der Waals surface area contributed by atoms with Crippen molar-refractivity contribution in [2.24, 2.45) is 10.8 Å². The van der Waals surface area contributed by atoms with Crippen LogP contribution in [0.5, 0.6) is 5.75 Å². The molecule has 0 aromatic heterocycles. The Labute approximate surface area is 327 Å². The lowest BCUT2D eigenvalue weighted by atomic mass is 9.49. The molecule has 56 heavy (non-hydrogen) atoms. The van der Waals surface area contributed by atoms with Crippen LogP contribution in [0.3, 0.4) is 0 Å². The molecular weight excluding hydrogens is 709 g/mol. The summed E-state index contributed by atoms with van der Waals surface area (Å²) < 4.78 is 6.52. The third-order valence-corrected chi connectivity index (χ3v) is 12.9. The van der Waals surface area contributed by atoms with Crippen molar-refractivity contribution in [2.45, 2.75) is 104 Å². The van der Waals surface area contributed by atoms with Gasteiger partial charge in [0, 0.05) is 66.8 Å². The average Bonchev–Trinajstić information content (AvgIpc) is 3.72. The summed E-state index contributed by atoms with van der Waals surface area (Å²) in [7, 11) is 0. The summed E-state index contributed by atoms with van der Waals surface area (Å²) in [4.78, 5) is 70.1.